The Bertz CT molecular complexity index is 958. The molecule has 1 fully saturated rings. The number of esters is 1. The fourth-order valence-electron chi connectivity index (χ4n) is 5.04. The molecule has 0 amide bonds. The minimum atomic E-state index is -1.42. The lowest BCUT2D eigenvalue weighted by Crippen LogP contribution is -2.68. The van der Waals surface area contributed by atoms with Gasteiger partial charge in [-0.3, -0.25) is 14.4 Å². The van der Waals surface area contributed by atoms with Crippen molar-refractivity contribution in [2.45, 2.75) is 20.8 Å². The molecule has 0 N–H and O–H groups in total. The van der Waals surface area contributed by atoms with Crippen molar-refractivity contribution in [1.29, 1.82) is 0 Å². The van der Waals surface area contributed by atoms with Gasteiger partial charge in [-0.1, -0.05) is 69.3 Å². The first-order valence-electron chi connectivity index (χ1n) is 9.57. The van der Waals surface area contributed by atoms with Crippen molar-refractivity contribution in [3.63, 3.8) is 0 Å². The lowest BCUT2D eigenvalue weighted by Gasteiger charge is -2.57. The molecular weight excluding hydrogens is 352 g/mol. The van der Waals surface area contributed by atoms with Gasteiger partial charge in [-0.2, -0.15) is 0 Å². The van der Waals surface area contributed by atoms with Crippen LogP contribution in [0.3, 0.4) is 0 Å². The van der Waals surface area contributed by atoms with Crippen LogP contribution in [0, 0.1) is 28.6 Å². The molecular formula is C24H24O4. The number of methoxy groups -OCH3 is 1. The maximum absolute atomic E-state index is 13.5. The van der Waals surface area contributed by atoms with Crippen molar-refractivity contribution in [1.82, 2.24) is 0 Å². The van der Waals surface area contributed by atoms with Crippen LogP contribution < -0.4 is 0 Å². The number of benzene rings is 1. The summed E-state index contributed by atoms with van der Waals surface area (Å²) in [4.78, 5) is 39.5. The van der Waals surface area contributed by atoms with Crippen LogP contribution in [0.25, 0.3) is 6.08 Å². The van der Waals surface area contributed by atoms with E-state index in [2.05, 4.69) is 0 Å². The standard InChI is InChI=1S/C24H24O4/c1-23(2,3)17-13-18(25)24(22(27)28-4)16-11-10-15(19(16)20(24)21(17)26)12-14-8-6-5-7-9-14/h5-13,16,19-20H,1-4H3/b15-12+/t16-,19+,20+,24+/m1/s1. The number of carbonyl (C=O) groups is 3. The number of ketones is 2. The smallest absolute Gasteiger partial charge is 0.321 e. The highest BCUT2D eigenvalue weighted by atomic mass is 16.5. The van der Waals surface area contributed by atoms with Crippen molar-refractivity contribution < 1.29 is 19.1 Å². The van der Waals surface area contributed by atoms with E-state index < -0.39 is 22.7 Å². The van der Waals surface area contributed by atoms with E-state index in [0.29, 0.717) is 5.57 Å². The van der Waals surface area contributed by atoms with E-state index in [1.165, 1.54) is 13.2 Å². The summed E-state index contributed by atoms with van der Waals surface area (Å²) < 4.78 is 5.02. The molecule has 1 saturated carbocycles. The van der Waals surface area contributed by atoms with Crippen molar-refractivity contribution in [2.24, 2.45) is 28.6 Å². The zero-order valence-corrected chi connectivity index (χ0v) is 16.6. The quantitative estimate of drug-likeness (QED) is 0.582. The van der Waals surface area contributed by atoms with Gasteiger partial charge < -0.3 is 4.74 Å². The lowest BCUT2D eigenvalue weighted by atomic mass is 9.41. The van der Waals surface area contributed by atoms with Crippen LogP contribution in [-0.4, -0.2) is 24.6 Å². The molecule has 4 nitrogen and oxygen atoms in total. The average Bonchev–Trinajstić information content (AvgIpc) is 2.97. The molecule has 0 aromatic heterocycles. The van der Waals surface area contributed by atoms with Crippen molar-refractivity contribution >= 4 is 23.6 Å². The minimum Gasteiger partial charge on any atom is -0.468 e. The van der Waals surface area contributed by atoms with Gasteiger partial charge in [0.25, 0.3) is 0 Å². The second-order valence-corrected chi connectivity index (χ2v) is 8.84. The Morgan fingerprint density at radius 1 is 1.14 bits per heavy atom. The molecule has 0 unspecified atom stereocenters. The second kappa shape index (κ2) is 6.13. The molecule has 28 heavy (non-hydrogen) atoms. The molecule has 0 saturated heterocycles. The summed E-state index contributed by atoms with van der Waals surface area (Å²) in [5.74, 6) is -2.24. The van der Waals surface area contributed by atoms with E-state index in [1.807, 2.05) is 69.3 Å². The van der Waals surface area contributed by atoms with Gasteiger partial charge in [0.05, 0.1) is 13.0 Å². The summed E-state index contributed by atoms with van der Waals surface area (Å²) in [5.41, 5.74) is 0.617. The Kier molecular flexibility index (Phi) is 4.07. The Morgan fingerprint density at radius 2 is 1.82 bits per heavy atom. The summed E-state index contributed by atoms with van der Waals surface area (Å²) in [6.45, 7) is 5.75. The molecule has 144 valence electrons. The maximum Gasteiger partial charge on any atom is 0.321 e. The van der Waals surface area contributed by atoms with E-state index >= 15 is 0 Å². The Balaban J connectivity index is 1.83. The van der Waals surface area contributed by atoms with Gasteiger partial charge in [-0.25, -0.2) is 0 Å². The highest BCUT2D eigenvalue weighted by molar-refractivity contribution is 6.23. The van der Waals surface area contributed by atoms with E-state index in [-0.39, 0.29) is 23.4 Å². The third-order valence-corrected chi connectivity index (χ3v) is 6.34. The molecule has 1 aromatic rings. The van der Waals surface area contributed by atoms with Gasteiger partial charge in [-0.15, -0.1) is 0 Å². The van der Waals surface area contributed by atoms with Gasteiger partial charge in [0.1, 0.15) is 5.41 Å². The fraction of sp³-hybridized carbons (Fsp3) is 0.375. The molecule has 3 aliphatic carbocycles. The van der Waals surface area contributed by atoms with E-state index in [4.69, 9.17) is 4.74 Å². The molecule has 0 spiro atoms. The topological polar surface area (TPSA) is 60.4 Å². The summed E-state index contributed by atoms with van der Waals surface area (Å²) in [6, 6.07) is 9.85. The van der Waals surface area contributed by atoms with Gasteiger partial charge in [0, 0.05) is 17.4 Å². The minimum absolute atomic E-state index is 0.110. The first-order valence-corrected chi connectivity index (χ1v) is 9.57. The zero-order chi connectivity index (χ0) is 20.3. The highest BCUT2D eigenvalue weighted by Crippen LogP contribution is 2.66. The second-order valence-electron chi connectivity index (χ2n) is 8.84. The van der Waals surface area contributed by atoms with Gasteiger partial charge in [0.15, 0.2) is 11.6 Å². The molecule has 0 aliphatic heterocycles. The van der Waals surface area contributed by atoms with Crippen LogP contribution in [0.1, 0.15) is 26.3 Å². The van der Waals surface area contributed by atoms with Gasteiger partial charge in [0.2, 0.25) is 0 Å². The molecule has 4 rings (SSSR count). The van der Waals surface area contributed by atoms with E-state index in [9.17, 15) is 14.4 Å². The molecule has 0 radical (unpaired) electrons. The number of rotatable bonds is 2. The fourth-order valence-corrected chi connectivity index (χ4v) is 5.04. The Morgan fingerprint density at radius 3 is 2.43 bits per heavy atom. The van der Waals surface area contributed by atoms with Crippen LogP contribution in [0.5, 0.6) is 0 Å². The SMILES string of the molecule is COC(=O)[C@@]12C(=O)C=C(C(C)(C)C)C(=O)[C@@H]1[C@H]1/C(=C/c3ccccc3)C=C[C@H]12. The molecule has 0 bridgehead atoms. The van der Waals surface area contributed by atoms with Gasteiger partial charge >= 0.3 is 5.97 Å². The summed E-state index contributed by atoms with van der Waals surface area (Å²) in [5, 5.41) is 0. The predicted molar refractivity (Wildman–Crippen MR) is 106 cm³/mol. The summed E-state index contributed by atoms with van der Waals surface area (Å²) >= 11 is 0. The van der Waals surface area contributed by atoms with E-state index in [1.54, 1.807) is 0 Å². The van der Waals surface area contributed by atoms with Crippen LogP contribution in [0.2, 0.25) is 0 Å². The number of hydrogen-bond acceptors (Lipinski definition) is 4. The number of fused-ring (bicyclic) bond motifs is 4. The number of ether oxygens (including phenoxy) is 1. The summed E-state index contributed by atoms with van der Waals surface area (Å²) in [6.07, 6.45) is 7.27. The molecule has 1 aromatic carbocycles. The third kappa shape index (κ3) is 2.33. The normalized spacial score (nSPS) is 32.5. The predicted octanol–water partition coefficient (Wildman–Crippen LogP) is 3.79. The lowest BCUT2D eigenvalue weighted by molar-refractivity contribution is -0.185. The van der Waals surface area contributed by atoms with Crippen LogP contribution in [0.15, 0.2) is 59.7 Å². The Labute approximate surface area is 165 Å². The number of Topliss-reactive ketones (excluding diaryl/α,β-unsaturated/α-hetero) is 1. The van der Waals surface area contributed by atoms with Crippen molar-refractivity contribution in [3.05, 3.63) is 65.3 Å². The van der Waals surface area contributed by atoms with Crippen molar-refractivity contribution in [3.8, 4) is 0 Å². The van der Waals surface area contributed by atoms with Crippen LogP contribution >= 0.6 is 0 Å². The molecule has 3 aliphatic rings. The largest absolute Gasteiger partial charge is 0.468 e. The van der Waals surface area contributed by atoms with Crippen LogP contribution in [-0.2, 0) is 19.1 Å². The maximum atomic E-state index is 13.5. The van der Waals surface area contributed by atoms with Crippen molar-refractivity contribution in [2.75, 3.05) is 7.11 Å². The Hall–Kier alpha value is -2.75. The van der Waals surface area contributed by atoms with Crippen LogP contribution in [0.4, 0.5) is 0 Å². The first kappa shape index (κ1) is 18.6. The molecule has 4 heteroatoms. The summed E-state index contributed by atoms with van der Waals surface area (Å²) in [7, 11) is 1.28. The first-order chi connectivity index (χ1) is 13.2. The zero-order valence-electron chi connectivity index (χ0n) is 16.6. The number of carbonyl (C=O) groups excluding carboxylic acids is 3. The number of hydrogen-bond donors (Lipinski definition) is 0. The highest BCUT2D eigenvalue weighted by Gasteiger charge is 2.75. The molecule has 4 atom stereocenters. The monoisotopic (exact) mass is 376 g/mol. The number of allylic oxidation sites excluding steroid dienone is 5. The third-order valence-electron chi connectivity index (χ3n) is 6.34. The van der Waals surface area contributed by atoms with E-state index in [0.717, 1.165) is 11.1 Å². The van der Waals surface area contributed by atoms with Gasteiger partial charge in [-0.05, 0) is 22.6 Å². The average molecular weight is 376 g/mol. The molecule has 0 heterocycles.